The van der Waals surface area contributed by atoms with Gasteiger partial charge in [-0.25, -0.2) is 9.78 Å². The van der Waals surface area contributed by atoms with E-state index in [0.717, 1.165) is 0 Å². The number of nitrogens with zero attached hydrogens (tertiary/aromatic N) is 2. The number of aromatic amines is 1. The van der Waals surface area contributed by atoms with E-state index in [1.165, 1.54) is 24.7 Å². The van der Waals surface area contributed by atoms with Crippen LogP contribution in [0.1, 0.15) is 37.9 Å². The molecule has 0 aliphatic carbocycles. The average molecular weight is 574 g/mol. The van der Waals surface area contributed by atoms with Crippen LogP contribution in [0.3, 0.4) is 0 Å². The topological polar surface area (TPSA) is 264 Å². The fraction of sp³-hybridized carbons (Fsp3) is 0.462. The van der Waals surface area contributed by atoms with E-state index in [9.17, 15) is 29.4 Å². The number of nitrogens with one attached hydrogen (secondary N) is 4. The van der Waals surface area contributed by atoms with Crippen LogP contribution in [0.2, 0.25) is 0 Å². The van der Waals surface area contributed by atoms with Crippen LogP contribution in [0.15, 0.2) is 41.8 Å². The van der Waals surface area contributed by atoms with Crippen molar-refractivity contribution in [3.05, 3.63) is 48.0 Å². The molecule has 1 aromatic heterocycles. The van der Waals surface area contributed by atoms with Gasteiger partial charge in [-0.15, -0.1) is 0 Å². The van der Waals surface area contributed by atoms with Crippen LogP contribution in [0.4, 0.5) is 0 Å². The van der Waals surface area contributed by atoms with Crippen LogP contribution < -0.4 is 33.2 Å². The molecule has 15 heteroatoms. The average Bonchev–Trinajstić information content (AvgIpc) is 3.43. The number of carboxylic acids is 1. The lowest BCUT2D eigenvalue weighted by Gasteiger charge is -2.26. The summed E-state index contributed by atoms with van der Waals surface area (Å²) in [6.07, 6.45) is 3.22. The van der Waals surface area contributed by atoms with Gasteiger partial charge in [0.15, 0.2) is 5.96 Å². The number of aromatic hydroxyl groups is 1. The molecular formula is C26H39N9O6. The van der Waals surface area contributed by atoms with Crippen LogP contribution in [0.25, 0.3) is 0 Å². The van der Waals surface area contributed by atoms with Gasteiger partial charge in [0.25, 0.3) is 0 Å². The Kier molecular flexibility index (Phi) is 12.6. The number of hydrogen-bond donors (Lipinski definition) is 9. The van der Waals surface area contributed by atoms with Gasteiger partial charge in [-0.2, -0.15) is 0 Å². The van der Waals surface area contributed by atoms with Gasteiger partial charge in [-0.05, 0) is 36.5 Å². The van der Waals surface area contributed by atoms with Gasteiger partial charge in [-0.1, -0.05) is 26.0 Å². The van der Waals surface area contributed by atoms with E-state index in [1.807, 2.05) is 0 Å². The van der Waals surface area contributed by atoms with Gasteiger partial charge < -0.3 is 48.3 Å². The first-order valence-electron chi connectivity index (χ1n) is 13.1. The molecule has 1 aromatic carbocycles. The van der Waals surface area contributed by atoms with Crippen molar-refractivity contribution < 1.29 is 29.4 Å². The number of phenols is 1. The standard InChI is InChI=1S/C26H39N9O6/c1-14(2)21(27)24(39)35-20(11-16-12-30-13-32-16)23(38)34-19(10-15-5-7-17(36)8-6-15)22(37)33-18(25(40)41)4-3-9-31-26(28)29/h5-8,12-14,18-21,36H,3-4,9-11,27H2,1-2H3,(H,30,32)(H,33,37)(H,34,38)(H,35,39)(H,40,41)(H4,28,29,31). The summed E-state index contributed by atoms with van der Waals surface area (Å²) in [4.78, 5) is 62.0. The van der Waals surface area contributed by atoms with Crippen LogP contribution in [0.5, 0.6) is 5.75 Å². The van der Waals surface area contributed by atoms with Crippen molar-refractivity contribution >= 4 is 29.7 Å². The first-order valence-corrected chi connectivity index (χ1v) is 13.1. The molecule has 4 unspecified atom stereocenters. The number of aromatic nitrogens is 2. The molecule has 15 nitrogen and oxygen atoms in total. The van der Waals surface area contributed by atoms with Crippen molar-refractivity contribution in [1.82, 2.24) is 25.9 Å². The first kappa shape index (κ1) is 32.6. The normalized spacial score (nSPS) is 13.9. The molecule has 0 saturated carbocycles. The minimum atomic E-state index is -1.28. The number of aliphatic carboxylic acids is 1. The van der Waals surface area contributed by atoms with Gasteiger partial charge in [-0.3, -0.25) is 19.4 Å². The Morgan fingerprint density at radius 1 is 0.951 bits per heavy atom. The Hall–Kier alpha value is -4.66. The molecule has 0 fully saturated rings. The molecular weight excluding hydrogens is 534 g/mol. The van der Waals surface area contributed by atoms with Crippen molar-refractivity contribution in [2.75, 3.05) is 6.54 Å². The van der Waals surface area contributed by atoms with E-state index in [1.54, 1.807) is 26.0 Å². The number of aliphatic imine (C=N–C) groups is 1. The van der Waals surface area contributed by atoms with E-state index in [0.29, 0.717) is 11.3 Å². The maximum absolute atomic E-state index is 13.5. The quantitative estimate of drug-likeness (QED) is 0.0635. The predicted molar refractivity (Wildman–Crippen MR) is 150 cm³/mol. The predicted octanol–water partition coefficient (Wildman–Crippen LogP) is -1.52. The van der Waals surface area contributed by atoms with Crippen molar-refractivity contribution in [2.45, 2.75) is 63.7 Å². The number of carbonyl (C=O) groups excluding carboxylic acids is 3. The number of phenolic OH excluding ortho intramolecular Hbond substituents is 1. The molecule has 3 amide bonds. The monoisotopic (exact) mass is 573 g/mol. The van der Waals surface area contributed by atoms with Gasteiger partial charge in [0.05, 0.1) is 12.4 Å². The molecule has 0 aliphatic heterocycles. The molecule has 41 heavy (non-hydrogen) atoms. The molecule has 0 radical (unpaired) electrons. The zero-order valence-electron chi connectivity index (χ0n) is 23.0. The highest BCUT2D eigenvalue weighted by atomic mass is 16.4. The molecule has 0 aliphatic rings. The number of benzene rings is 1. The molecule has 1 heterocycles. The molecule has 4 atom stereocenters. The van der Waals surface area contributed by atoms with Gasteiger partial charge in [0.1, 0.15) is 23.9 Å². The maximum Gasteiger partial charge on any atom is 0.326 e. The Balaban J connectivity index is 2.27. The number of hydrogen-bond acceptors (Lipinski definition) is 8. The van der Waals surface area contributed by atoms with E-state index in [2.05, 4.69) is 30.9 Å². The lowest BCUT2D eigenvalue weighted by molar-refractivity contribution is -0.142. The summed E-state index contributed by atoms with van der Waals surface area (Å²) in [6.45, 7) is 3.70. The van der Waals surface area contributed by atoms with Crippen LogP contribution >= 0.6 is 0 Å². The second-order valence-corrected chi connectivity index (χ2v) is 9.89. The molecule has 2 aromatic rings. The van der Waals surface area contributed by atoms with Crippen molar-refractivity contribution in [1.29, 1.82) is 0 Å². The number of rotatable bonds is 16. The van der Waals surface area contributed by atoms with E-state index in [-0.39, 0.29) is 49.9 Å². The summed E-state index contributed by atoms with van der Waals surface area (Å²) >= 11 is 0. The Morgan fingerprint density at radius 2 is 1.54 bits per heavy atom. The van der Waals surface area contributed by atoms with Crippen molar-refractivity contribution in [2.24, 2.45) is 28.1 Å². The van der Waals surface area contributed by atoms with Crippen LogP contribution in [-0.2, 0) is 32.0 Å². The number of carbonyl (C=O) groups is 4. The van der Waals surface area contributed by atoms with Gasteiger partial charge in [0.2, 0.25) is 17.7 Å². The molecule has 0 spiro atoms. The van der Waals surface area contributed by atoms with Crippen LogP contribution in [0, 0.1) is 5.92 Å². The number of nitrogens with two attached hydrogens (primary N) is 3. The summed E-state index contributed by atoms with van der Waals surface area (Å²) in [7, 11) is 0. The number of guanidine groups is 1. The smallest absolute Gasteiger partial charge is 0.326 e. The summed E-state index contributed by atoms with van der Waals surface area (Å²) in [5.41, 5.74) is 17.7. The minimum absolute atomic E-state index is 0.00864. The second-order valence-electron chi connectivity index (χ2n) is 9.89. The summed E-state index contributed by atoms with van der Waals surface area (Å²) < 4.78 is 0. The van der Waals surface area contributed by atoms with Crippen molar-refractivity contribution in [3.63, 3.8) is 0 Å². The fourth-order valence-corrected chi connectivity index (χ4v) is 3.78. The third-order valence-corrected chi connectivity index (χ3v) is 6.20. The molecule has 2 rings (SSSR count). The van der Waals surface area contributed by atoms with E-state index < -0.39 is 47.9 Å². The zero-order valence-corrected chi connectivity index (χ0v) is 23.0. The van der Waals surface area contributed by atoms with Gasteiger partial charge >= 0.3 is 5.97 Å². The summed E-state index contributed by atoms with van der Waals surface area (Å²) in [5, 5.41) is 27.0. The minimum Gasteiger partial charge on any atom is -0.508 e. The second kappa shape index (κ2) is 15.8. The van der Waals surface area contributed by atoms with Crippen LogP contribution in [-0.4, -0.2) is 80.5 Å². The third-order valence-electron chi connectivity index (χ3n) is 6.20. The number of H-pyrrole nitrogens is 1. The highest BCUT2D eigenvalue weighted by molar-refractivity contribution is 5.94. The maximum atomic E-state index is 13.5. The highest BCUT2D eigenvalue weighted by Gasteiger charge is 2.31. The number of amides is 3. The number of imidazole rings is 1. The fourth-order valence-electron chi connectivity index (χ4n) is 3.78. The van der Waals surface area contributed by atoms with Gasteiger partial charge in [0, 0.05) is 31.3 Å². The lowest BCUT2D eigenvalue weighted by Crippen LogP contribution is -2.58. The molecule has 12 N–H and O–H groups in total. The summed E-state index contributed by atoms with van der Waals surface area (Å²) in [6, 6.07) is 1.46. The Labute approximate surface area is 237 Å². The number of carboxylic acid groups (broad SMARTS) is 1. The van der Waals surface area contributed by atoms with E-state index in [4.69, 9.17) is 17.2 Å². The first-order chi connectivity index (χ1) is 19.4. The largest absolute Gasteiger partial charge is 0.508 e. The third kappa shape index (κ3) is 11.2. The Bertz CT molecular complexity index is 1180. The molecule has 0 saturated heterocycles. The SMILES string of the molecule is CC(C)C(N)C(=O)NC(Cc1cnc[nH]1)C(=O)NC(Cc1ccc(O)cc1)C(=O)NC(CCCN=C(N)N)C(=O)O. The van der Waals surface area contributed by atoms with E-state index >= 15 is 0 Å². The zero-order chi connectivity index (χ0) is 30.5. The van der Waals surface area contributed by atoms with Crippen molar-refractivity contribution in [3.8, 4) is 5.75 Å². The lowest BCUT2D eigenvalue weighted by atomic mass is 10.0. The highest BCUT2D eigenvalue weighted by Crippen LogP contribution is 2.13. The molecule has 0 bridgehead atoms. The summed E-state index contributed by atoms with van der Waals surface area (Å²) in [5.74, 6) is -3.60. The Morgan fingerprint density at radius 3 is 2.07 bits per heavy atom. The molecule has 224 valence electrons.